The van der Waals surface area contributed by atoms with Crippen LogP contribution in [0.25, 0.3) is 0 Å². The maximum absolute atomic E-state index is 6.44. The van der Waals surface area contributed by atoms with Gasteiger partial charge in [-0.1, -0.05) is 43.8 Å². The molecule has 3 unspecified atom stereocenters. The van der Waals surface area contributed by atoms with E-state index in [4.69, 9.17) is 20.2 Å². The molecule has 3 atom stereocenters. The van der Waals surface area contributed by atoms with Crippen molar-refractivity contribution in [1.29, 1.82) is 0 Å². The molecule has 0 aliphatic heterocycles. The maximum atomic E-state index is 6.44. The SMILES string of the molecule is C=CN(C)C(N)=NC1c2cc(OCCOC)ccc2CC12CCc1ccccc1C(CC)C2. The molecule has 176 valence electrons. The molecule has 1 spiro atoms. The third-order valence-corrected chi connectivity index (χ3v) is 7.52. The lowest BCUT2D eigenvalue weighted by Crippen LogP contribution is -2.33. The summed E-state index contributed by atoms with van der Waals surface area (Å²) in [5.74, 6) is 1.89. The summed E-state index contributed by atoms with van der Waals surface area (Å²) in [6, 6.07) is 15.4. The lowest BCUT2D eigenvalue weighted by Gasteiger charge is -2.36. The topological polar surface area (TPSA) is 60.1 Å². The molecular weight excluding hydrogens is 410 g/mol. The Morgan fingerprint density at radius 2 is 2.03 bits per heavy atom. The Labute approximate surface area is 198 Å². The fourth-order valence-electron chi connectivity index (χ4n) is 5.67. The van der Waals surface area contributed by atoms with Gasteiger partial charge in [0.15, 0.2) is 5.96 Å². The van der Waals surface area contributed by atoms with Crippen molar-refractivity contribution in [2.75, 3.05) is 27.4 Å². The minimum absolute atomic E-state index is 0.00997. The fraction of sp³-hybridized carbons (Fsp3) is 0.464. The van der Waals surface area contributed by atoms with Crippen LogP contribution >= 0.6 is 0 Å². The molecule has 5 nitrogen and oxygen atoms in total. The Morgan fingerprint density at radius 3 is 2.79 bits per heavy atom. The molecular formula is C28H37N3O2. The summed E-state index contributed by atoms with van der Waals surface area (Å²) in [5, 5.41) is 0. The van der Waals surface area contributed by atoms with Crippen LogP contribution in [0.1, 0.15) is 60.4 Å². The van der Waals surface area contributed by atoms with Gasteiger partial charge in [-0.25, -0.2) is 4.99 Å². The molecule has 2 aromatic rings. The highest BCUT2D eigenvalue weighted by atomic mass is 16.5. The molecule has 0 saturated heterocycles. The maximum Gasteiger partial charge on any atom is 0.195 e. The number of guanidine groups is 1. The summed E-state index contributed by atoms with van der Waals surface area (Å²) in [4.78, 5) is 6.94. The number of nitrogens with two attached hydrogens (primary N) is 1. The molecule has 2 N–H and O–H groups in total. The number of hydrogen-bond acceptors (Lipinski definition) is 3. The van der Waals surface area contributed by atoms with E-state index in [1.807, 2.05) is 7.05 Å². The summed E-state index contributed by atoms with van der Waals surface area (Å²) in [6.07, 6.45) is 7.12. The quantitative estimate of drug-likeness (QED) is 0.359. The van der Waals surface area contributed by atoms with Crippen LogP contribution in [0.3, 0.4) is 0 Å². The first-order valence-corrected chi connectivity index (χ1v) is 12.0. The van der Waals surface area contributed by atoms with Gasteiger partial charge in [-0.2, -0.15) is 0 Å². The monoisotopic (exact) mass is 447 g/mol. The first-order valence-electron chi connectivity index (χ1n) is 12.0. The molecule has 2 aromatic carbocycles. The Kier molecular flexibility index (Phi) is 7.08. The number of fused-ring (bicyclic) bond motifs is 2. The van der Waals surface area contributed by atoms with E-state index >= 15 is 0 Å². The summed E-state index contributed by atoms with van der Waals surface area (Å²) >= 11 is 0. The number of benzene rings is 2. The van der Waals surface area contributed by atoms with Gasteiger partial charge in [0.2, 0.25) is 0 Å². The van der Waals surface area contributed by atoms with Crippen molar-refractivity contribution in [1.82, 2.24) is 4.90 Å². The lowest BCUT2D eigenvalue weighted by molar-refractivity contribution is 0.146. The fourth-order valence-corrected chi connectivity index (χ4v) is 5.67. The molecule has 5 heteroatoms. The van der Waals surface area contributed by atoms with E-state index < -0.39 is 0 Å². The first-order chi connectivity index (χ1) is 16.0. The van der Waals surface area contributed by atoms with Gasteiger partial charge in [-0.05, 0) is 78.6 Å². The highest BCUT2D eigenvalue weighted by molar-refractivity contribution is 5.79. The smallest absolute Gasteiger partial charge is 0.195 e. The molecule has 0 heterocycles. The van der Waals surface area contributed by atoms with E-state index in [0.717, 1.165) is 37.9 Å². The molecule has 0 aromatic heterocycles. The number of ether oxygens (including phenoxy) is 2. The number of aliphatic imine (C=N–C) groups is 1. The Hall–Kier alpha value is -2.79. The van der Waals surface area contributed by atoms with Gasteiger partial charge in [0.05, 0.1) is 12.6 Å². The van der Waals surface area contributed by atoms with E-state index in [0.29, 0.717) is 25.1 Å². The van der Waals surface area contributed by atoms with Gasteiger partial charge in [0.1, 0.15) is 12.4 Å². The summed E-state index contributed by atoms with van der Waals surface area (Å²) in [7, 11) is 3.59. The molecule has 0 radical (unpaired) electrons. The van der Waals surface area contributed by atoms with Gasteiger partial charge in [-0.15, -0.1) is 0 Å². The van der Waals surface area contributed by atoms with Crippen molar-refractivity contribution in [3.8, 4) is 5.75 Å². The Morgan fingerprint density at radius 1 is 1.21 bits per heavy atom. The van der Waals surface area contributed by atoms with Crippen molar-refractivity contribution >= 4 is 5.96 Å². The second-order valence-electron chi connectivity index (χ2n) is 9.43. The Bertz CT molecular complexity index is 1020. The van der Waals surface area contributed by atoms with Gasteiger partial charge in [0.25, 0.3) is 0 Å². The van der Waals surface area contributed by atoms with E-state index in [2.05, 4.69) is 56.0 Å². The minimum Gasteiger partial charge on any atom is -0.491 e. The number of hydrogen-bond donors (Lipinski definition) is 1. The van der Waals surface area contributed by atoms with Crippen LogP contribution in [0.15, 0.2) is 60.2 Å². The molecule has 2 aliphatic carbocycles. The average Bonchev–Trinajstić information content (AvgIpc) is 3.02. The van der Waals surface area contributed by atoms with Crippen LogP contribution in [0, 0.1) is 5.41 Å². The largest absolute Gasteiger partial charge is 0.491 e. The van der Waals surface area contributed by atoms with Gasteiger partial charge < -0.3 is 20.1 Å². The normalized spacial score (nSPS) is 24.2. The van der Waals surface area contributed by atoms with Gasteiger partial charge in [-0.3, -0.25) is 0 Å². The summed E-state index contributed by atoms with van der Waals surface area (Å²) in [6.45, 7) is 7.27. The Balaban J connectivity index is 1.75. The predicted octanol–water partition coefficient (Wildman–Crippen LogP) is 5.22. The molecule has 0 amide bonds. The molecule has 0 saturated carbocycles. The third kappa shape index (κ3) is 4.65. The van der Waals surface area contributed by atoms with Crippen molar-refractivity contribution in [2.24, 2.45) is 16.1 Å². The average molecular weight is 448 g/mol. The molecule has 0 bridgehead atoms. The number of aryl methyl sites for hydroxylation is 1. The van der Waals surface area contributed by atoms with Crippen LogP contribution < -0.4 is 10.5 Å². The molecule has 2 aliphatic rings. The van der Waals surface area contributed by atoms with Crippen molar-refractivity contribution in [3.63, 3.8) is 0 Å². The second kappa shape index (κ2) is 10.0. The predicted molar refractivity (Wildman–Crippen MR) is 135 cm³/mol. The van der Waals surface area contributed by atoms with Gasteiger partial charge >= 0.3 is 0 Å². The van der Waals surface area contributed by atoms with Crippen LogP contribution in [-0.4, -0.2) is 38.2 Å². The summed E-state index contributed by atoms with van der Waals surface area (Å²) < 4.78 is 11.1. The van der Waals surface area contributed by atoms with E-state index in [1.165, 1.54) is 22.3 Å². The number of methoxy groups -OCH3 is 1. The first kappa shape index (κ1) is 23.4. The zero-order valence-electron chi connectivity index (χ0n) is 20.2. The molecule has 4 rings (SSSR count). The van der Waals surface area contributed by atoms with Crippen LogP contribution in [0.4, 0.5) is 0 Å². The number of rotatable bonds is 7. The highest BCUT2D eigenvalue weighted by Gasteiger charge is 2.48. The minimum atomic E-state index is -0.00997. The van der Waals surface area contributed by atoms with Crippen molar-refractivity contribution in [2.45, 2.75) is 51.0 Å². The van der Waals surface area contributed by atoms with Crippen LogP contribution in [0.5, 0.6) is 5.75 Å². The summed E-state index contributed by atoms with van der Waals surface area (Å²) in [5.41, 5.74) is 12.1. The van der Waals surface area contributed by atoms with E-state index in [1.54, 1.807) is 18.2 Å². The lowest BCUT2D eigenvalue weighted by atomic mass is 9.71. The third-order valence-electron chi connectivity index (χ3n) is 7.52. The van der Waals surface area contributed by atoms with Crippen molar-refractivity contribution in [3.05, 3.63) is 77.5 Å². The number of nitrogens with zero attached hydrogens (tertiary/aromatic N) is 2. The standard InChI is InChI=1S/C28H37N3O2/c1-5-20-18-28(14-13-21-9-7-8-10-24(20)21)19-22-11-12-23(33-16-15-32-4)17-25(22)26(28)30-27(29)31(3)6-2/h6-12,17,20,26H,2,5,13-16,18-19H2,1,3-4H3,(H2,29,30). The second-order valence-corrected chi connectivity index (χ2v) is 9.43. The highest BCUT2D eigenvalue weighted by Crippen LogP contribution is 2.58. The van der Waals surface area contributed by atoms with E-state index in [-0.39, 0.29) is 11.5 Å². The van der Waals surface area contributed by atoms with E-state index in [9.17, 15) is 0 Å². The molecule has 0 fully saturated rings. The zero-order chi connectivity index (χ0) is 23.4. The van der Waals surface area contributed by atoms with Crippen molar-refractivity contribution < 1.29 is 9.47 Å². The van der Waals surface area contributed by atoms with Gasteiger partial charge in [0, 0.05) is 19.6 Å². The molecule has 33 heavy (non-hydrogen) atoms. The zero-order valence-corrected chi connectivity index (χ0v) is 20.2. The van der Waals surface area contributed by atoms with Crippen LogP contribution in [0.2, 0.25) is 0 Å². The van der Waals surface area contributed by atoms with Crippen LogP contribution in [-0.2, 0) is 17.6 Å².